The maximum Gasteiger partial charge on any atom is 0.416 e. The highest BCUT2D eigenvalue weighted by Crippen LogP contribution is 2.29. The Morgan fingerprint density at radius 1 is 1.17 bits per heavy atom. The summed E-state index contributed by atoms with van der Waals surface area (Å²) in [5, 5.41) is 14.8. The van der Waals surface area contributed by atoms with E-state index in [4.69, 9.17) is 0 Å². The fraction of sp³-hybridized carbons (Fsp3) is 0.526. The normalized spacial score (nSPS) is 15.3. The summed E-state index contributed by atoms with van der Waals surface area (Å²) in [6.45, 7) is 2.63. The van der Waals surface area contributed by atoms with Crippen molar-refractivity contribution in [2.45, 2.75) is 57.9 Å². The Balaban J connectivity index is 0.00000300. The van der Waals surface area contributed by atoms with Gasteiger partial charge in [-0.2, -0.15) is 13.2 Å². The Morgan fingerprint density at radius 2 is 1.83 bits per heavy atom. The molecule has 10 heteroatoms. The van der Waals surface area contributed by atoms with Crippen molar-refractivity contribution in [3.05, 3.63) is 47.0 Å². The van der Waals surface area contributed by atoms with Crippen LogP contribution in [0.3, 0.4) is 0 Å². The number of nitrogens with zero attached hydrogens (tertiary/aromatic N) is 4. The van der Waals surface area contributed by atoms with Crippen LogP contribution in [0, 0.1) is 6.92 Å². The van der Waals surface area contributed by atoms with Crippen molar-refractivity contribution in [3.8, 4) is 0 Å². The molecule has 0 bridgehead atoms. The van der Waals surface area contributed by atoms with Crippen LogP contribution in [0.1, 0.15) is 48.5 Å². The highest BCUT2D eigenvalue weighted by molar-refractivity contribution is 14.0. The number of nitrogens with one attached hydrogen (secondary N) is 2. The maximum atomic E-state index is 12.7. The van der Waals surface area contributed by atoms with Gasteiger partial charge in [0, 0.05) is 13.1 Å². The average Bonchev–Trinajstić information content (AvgIpc) is 3.28. The van der Waals surface area contributed by atoms with E-state index < -0.39 is 11.7 Å². The summed E-state index contributed by atoms with van der Waals surface area (Å²) in [5.41, 5.74) is 0.0651. The Hall–Kier alpha value is -1.85. The van der Waals surface area contributed by atoms with Crippen molar-refractivity contribution >= 4 is 29.9 Å². The molecule has 3 rings (SSSR count). The van der Waals surface area contributed by atoms with Gasteiger partial charge in [-0.25, -0.2) is 4.99 Å². The Bertz CT molecular complexity index is 810. The number of aryl methyl sites for hydroxylation is 1. The predicted octanol–water partition coefficient (Wildman–Crippen LogP) is 3.94. The van der Waals surface area contributed by atoms with Gasteiger partial charge in [-0.15, -0.1) is 34.2 Å². The van der Waals surface area contributed by atoms with Crippen LogP contribution in [-0.2, 0) is 26.3 Å². The molecule has 0 aliphatic heterocycles. The first-order chi connectivity index (χ1) is 13.3. The number of rotatable bonds is 5. The van der Waals surface area contributed by atoms with E-state index >= 15 is 0 Å². The van der Waals surface area contributed by atoms with Gasteiger partial charge < -0.3 is 15.2 Å². The molecule has 2 aromatic rings. The smallest absolute Gasteiger partial charge is 0.354 e. The van der Waals surface area contributed by atoms with Crippen molar-refractivity contribution in [2.24, 2.45) is 12.0 Å². The summed E-state index contributed by atoms with van der Waals surface area (Å²) in [6, 6.07) is 5.46. The maximum absolute atomic E-state index is 12.7. The second-order valence-electron chi connectivity index (χ2n) is 7.06. The molecule has 0 unspecified atom stereocenters. The average molecular weight is 522 g/mol. The molecule has 0 radical (unpaired) electrons. The highest BCUT2D eigenvalue weighted by Gasteiger charge is 2.29. The monoisotopic (exact) mass is 522 g/mol. The number of guanidine groups is 1. The minimum absolute atomic E-state index is 0. The number of benzene rings is 1. The predicted molar refractivity (Wildman–Crippen MR) is 116 cm³/mol. The Morgan fingerprint density at radius 3 is 2.38 bits per heavy atom. The van der Waals surface area contributed by atoms with Gasteiger partial charge in [-0.1, -0.05) is 25.0 Å². The number of hydrogen-bond donors (Lipinski definition) is 2. The molecular formula is C19H26F3IN6. The largest absolute Gasteiger partial charge is 0.416 e. The molecule has 6 nitrogen and oxygen atoms in total. The molecule has 160 valence electrons. The molecule has 1 aromatic carbocycles. The van der Waals surface area contributed by atoms with Crippen LogP contribution < -0.4 is 10.6 Å². The molecule has 1 heterocycles. The quantitative estimate of drug-likeness (QED) is 0.355. The molecule has 1 fully saturated rings. The van der Waals surface area contributed by atoms with Crippen LogP contribution in [0.25, 0.3) is 0 Å². The van der Waals surface area contributed by atoms with Gasteiger partial charge in [0.2, 0.25) is 0 Å². The molecule has 0 spiro atoms. The molecule has 1 aliphatic rings. The lowest BCUT2D eigenvalue weighted by Gasteiger charge is -2.17. The minimum Gasteiger partial charge on any atom is -0.354 e. The highest BCUT2D eigenvalue weighted by atomic mass is 127. The lowest BCUT2D eigenvalue weighted by molar-refractivity contribution is -0.137. The van der Waals surface area contributed by atoms with E-state index in [2.05, 4.69) is 25.8 Å². The van der Waals surface area contributed by atoms with Gasteiger partial charge in [0.25, 0.3) is 0 Å². The van der Waals surface area contributed by atoms with Crippen LogP contribution in [0.5, 0.6) is 0 Å². The molecule has 1 aromatic heterocycles. The number of alkyl halides is 3. The SMILES string of the molecule is Cc1nnc(CNC(=NCc2ccc(C(F)(F)F)cc2)NC2CCCC2)n1C.I. The summed E-state index contributed by atoms with van der Waals surface area (Å²) in [7, 11) is 1.90. The molecule has 1 aliphatic carbocycles. The van der Waals surface area contributed by atoms with Crippen LogP contribution in [-0.4, -0.2) is 26.8 Å². The second-order valence-corrected chi connectivity index (χ2v) is 7.06. The fourth-order valence-electron chi connectivity index (χ4n) is 3.15. The van der Waals surface area contributed by atoms with Gasteiger partial charge >= 0.3 is 6.18 Å². The summed E-state index contributed by atoms with van der Waals surface area (Å²) in [4.78, 5) is 4.56. The minimum atomic E-state index is -4.33. The van der Waals surface area contributed by atoms with E-state index in [1.165, 1.54) is 25.0 Å². The number of hydrogen-bond acceptors (Lipinski definition) is 3. The van der Waals surface area contributed by atoms with Crippen LogP contribution in [0.15, 0.2) is 29.3 Å². The van der Waals surface area contributed by atoms with Gasteiger partial charge in [-0.05, 0) is 37.5 Å². The van der Waals surface area contributed by atoms with Crippen LogP contribution in [0.4, 0.5) is 13.2 Å². The second kappa shape index (κ2) is 10.3. The van der Waals surface area contributed by atoms with Crippen molar-refractivity contribution in [3.63, 3.8) is 0 Å². The summed E-state index contributed by atoms with van der Waals surface area (Å²) in [5.74, 6) is 2.24. The van der Waals surface area contributed by atoms with E-state index in [0.717, 1.165) is 42.2 Å². The third kappa shape index (κ3) is 6.58. The van der Waals surface area contributed by atoms with Crippen molar-refractivity contribution in [1.29, 1.82) is 0 Å². The fourth-order valence-corrected chi connectivity index (χ4v) is 3.15. The first kappa shape index (κ1) is 23.4. The molecule has 1 saturated carbocycles. The number of aliphatic imine (C=N–C) groups is 1. The van der Waals surface area contributed by atoms with Crippen LogP contribution >= 0.6 is 24.0 Å². The number of halogens is 4. The van der Waals surface area contributed by atoms with E-state index in [1.807, 2.05) is 18.5 Å². The first-order valence-electron chi connectivity index (χ1n) is 9.39. The zero-order valence-electron chi connectivity index (χ0n) is 16.5. The molecular weight excluding hydrogens is 496 g/mol. The van der Waals surface area contributed by atoms with Crippen molar-refractivity contribution in [1.82, 2.24) is 25.4 Å². The topological polar surface area (TPSA) is 67.1 Å². The van der Waals surface area contributed by atoms with E-state index in [-0.39, 0.29) is 30.5 Å². The molecule has 0 amide bonds. The summed E-state index contributed by atoms with van der Waals surface area (Å²) < 4.78 is 40.0. The van der Waals surface area contributed by atoms with Crippen LogP contribution in [0.2, 0.25) is 0 Å². The van der Waals surface area contributed by atoms with E-state index in [9.17, 15) is 13.2 Å². The first-order valence-corrected chi connectivity index (χ1v) is 9.39. The molecule has 0 saturated heterocycles. The van der Waals surface area contributed by atoms with E-state index in [1.54, 1.807) is 0 Å². The third-order valence-corrected chi connectivity index (χ3v) is 4.99. The lowest BCUT2D eigenvalue weighted by atomic mass is 10.1. The zero-order valence-corrected chi connectivity index (χ0v) is 18.8. The van der Waals surface area contributed by atoms with Crippen molar-refractivity contribution < 1.29 is 13.2 Å². The standard InChI is InChI=1S/C19H25F3N6.HI/c1-13-26-27-17(28(13)2)12-24-18(25-16-5-3-4-6-16)23-11-14-7-9-15(10-8-14)19(20,21)22;/h7-10,16H,3-6,11-12H2,1-2H3,(H2,23,24,25);1H. The Kier molecular flexibility index (Phi) is 8.29. The van der Waals surface area contributed by atoms with Gasteiger partial charge in [-0.3, -0.25) is 0 Å². The molecule has 29 heavy (non-hydrogen) atoms. The summed E-state index contributed by atoms with van der Waals surface area (Å²) >= 11 is 0. The van der Waals surface area contributed by atoms with Gasteiger partial charge in [0.15, 0.2) is 11.8 Å². The van der Waals surface area contributed by atoms with Gasteiger partial charge in [0.05, 0.1) is 18.7 Å². The van der Waals surface area contributed by atoms with Crippen molar-refractivity contribution in [2.75, 3.05) is 0 Å². The number of aromatic nitrogens is 3. The molecule has 2 N–H and O–H groups in total. The van der Waals surface area contributed by atoms with Gasteiger partial charge in [0.1, 0.15) is 5.82 Å². The Labute approximate surface area is 185 Å². The summed E-state index contributed by atoms with van der Waals surface area (Å²) in [6.07, 6.45) is 0.222. The lowest BCUT2D eigenvalue weighted by Crippen LogP contribution is -2.42. The van der Waals surface area contributed by atoms with E-state index in [0.29, 0.717) is 18.5 Å². The zero-order chi connectivity index (χ0) is 20.1. The molecule has 0 atom stereocenters. The third-order valence-electron chi connectivity index (χ3n) is 4.99.